The van der Waals surface area contributed by atoms with Crippen molar-refractivity contribution in [1.29, 1.82) is 0 Å². The quantitative estimate of drug-likeness (QED) is 0.808. The van der Waals surface area contributed by atoms with Gasteiger partial charge in [0, 0.05) is 12.7 Å². The third-order valence-electron chi connectivity index (χ3n) is 3.49. The van der Waals surface area contributed by atoms with Crippen LogP contribution in [0.3, 0.4) is 0 Å². The lowest BCUT2D eigenvalue weighted by Gasteiger charge is -2.10. The van der Waals surface area contributed by atoms with Crippen molar-refractivity contribution in [3.8, 4) is 0 Å². The third kappa shape index (κ3) is 1.67. The molecule has 0 spiro atoms. The van der Waals surface area contributed by atoms with Gasteiger partial charge < -0.3 is 9.55 Å². The summed E-state index contributed by atoms with van der Waals surface area (Å²) in [6.45, 7) is 1.06. The second kappa shape index (κ2) is 4.01. The van der Waals surface area contributed by atoms with Crippen LogP contribution in [0.2, 0.25) is 0 Å². The number of hydrogen-bond acceptors (Lipinski definition) is 2. The molecule has 4 heteroatoms. The van der Waals surface area contributed by atoms with Crippen molar-refractivity contribution in [2.75, 3.05) is 0 Å². The van der Waals surface area contributed by atoms with E-state index in [1.54, 1.807) is 0 Å². The van der Waals surface area contributed by atoms with E-state index in [4.69, 9.17) is 12.2 Å². The van der Waals surface area contributed by atoms with Gasteiger partial charge in [-0.3, -0.25) is 4.98 Å². The molecule has 0 amide bonds. The molecule has 0 radical (unpaired) electrons. The highest BCUT2D eigenvalue weighted by Gasteiger charge is 2.16. The Morgan fingerprint density at radius 2 is 2.25 bits per heavy atom. The Morgan fingerprint density at radius 3 is 3.06 bits per heavy atom. The van der Waals surface area contributed by atoms with E-state index in [0.717, 1.165) is 22.8 Å². The van der Waals surface area contributed by atoms with E-state index in [-0.39, 0.29) is 0 Å². The fraction of sp³-hybridized carbons (Fsp3) is 0.500. The average molecular weight is 233 g/mol. The minimum absolute atomic E-state index is 0.805. The van der Waals surface area contributed by atoms with Crippen LogP contribution in [0.4, 0.5) is 0 Å². The fourth-order valence-electron chi connectivity index (χ4n) is 2.64. The van der Waals surface area contributed by atoms with Gasteiger partial charge in [-0.05, 0) is 37.0 Å². The van der Waals surface area contributed by atoms with Crippen LogP contribution in [0.5, 0.6) is 0 Å². The summed E-state index contributed by atoms with van der Waals surface area (Å²) in [4.78, 5) is 7.32. The maximum absolute atomic E-state index is 5.37. The standard InChI is InChI=1S/C12H15N3S/c16-12-14-10-7-13-6-5-11(10)15(12)8-9-3-1-2-4-9/h5-7,9H,1-4,8H2,(H,14,16). The highest BCUT2D eigenvalue weighted by molar-refractivity contribution is 7.71. The Hall–Kier alpha value is -1.16. The van der Waals surface area contributed by atoms with Gasteiger partial charge in [-0.1, -0.05) is 12.8 Å². The van der Waals surface area contributed by atoms with Crippen LogP contribution in [0.15, 0.2) is 18.5 Å². The Bertz CT molecular complexity index is 549. The summed E-state index contributed by atoms with van der Waals surface area (Å²) in [5, 5.41) is 0. The Balaban J connectivity index is 2.01. The molecule has 1 saturated carbocycles. The first kappa shape index (κ1) is 10.0. The van der Waals surface area contributed by atoms with Gasteiger partial charge in [0.1, 0.15) is 0 Å². The molecule has 1 N–H and O–H groups in total. The lowest BCUT2D eigenvalue weighted by molar-refractivity contribution is 0.461. The summed E-state index contributed by atoms with van der Waals surface area (Å²) in [5.74, 6) is 0.805. The zero-order valence-electron chi connectivity index (χ0n) is 9.15. The lowest BCUT2D eigenvalue weighted by atomic mass is 10.1. The second-order valence-corrected chi connectivity index (χ2v) is 4.97. The number of nitrogens with zero attached hydrogens (tertiary/aromatic N) is 2. The van der Waals surface area contributed by atoms with Crippen molar-refractivity contribution < 1.29 is 0 Å². The van der Waals surface area contributed by atoms with E-state index in [0.29, 0.717) is 0 Å². The molecule has 0 aliphatic heterocycles. The van der Waals surface area contributed by atoms with Crippen LogP contribution >= 0.6 is 12.2 Å². The molecule has 84 valence electrons. The molecule has 1 aliphatic carbocycles. The first-order chi connectivity index (χ1) is 7.84. The van der Waals surface area contributed by atoms with Crippen LogP contribution in [0, 0.1) is 10.7 Å². The normalized spacial score (nSPS) is 17.2. The molecule has 2 heterocycles. The maximum atomic E-state index is 5.37. The number of H-pyrrole nitrogens is 1. The highest BCUT2D eigenvalue weighted by atomic mass is 32.1. The minimum atomic E-state index is 0.805. The minimum Gasteiger partial charge on any atom is -0.329 e. The lowest BCUT2D eigenvalue weighted by Crippen LogP contribution is -2.07. The monoisotopic (exact) mass is 233 g/mol. The first-order valence-electron chi connectivity index (χ1n) is 5.87. The summed E-state index contributed by atoms with van der Waals surface area (Å²) in [7, 11) is 0. The third-order valence-corrected chi connectivity index (χ3v) is 3.81. The van der Waals surface area contributed by atoms with E-state index in [9.17, 15) is 0 Å². The molecule has 0 aromatic carbocycles. The second-order valence-electron chi connectivity index (χ2n) is 4.58. The number of rotatable bonds is 2. The largest absolute Gasteiger partial charge is 0.329 e. The number of aromatic amines is 1. The van der Waals surface area contributed by atoms with Crippen molar-refractivity contribution in [3.63, 3.8) is 0 Å². The van der Waals surface area contributed by atoms with E-state index < -0.39 is 0 Å². The predicted molar refractivity (Wildman–Crippen MR) is 66.9 cm³/mol. The van der Waals surface area contributed by atoms with Gasteiger partial charge in [-0.25, -0.2) is 0 Å². The number of nitrogens with one attached hydrogen (secondary N) is 1. The SMILES string of the molecule is S=c1[nH]c2cnccc2n1CC1CCCC1. The van der Waals surface area contributed by atoms with E-state index >= 15 is 0 Å². The molecule has 1 fully saturated rings. The van der Waals surface area contributed by atoms with Crippen LogP contribution in [0.25, 0.3) is 11.0 Å². The van der Waals surface area contributed by atoms with Crippen LogP contribution in [-0.2, 0) is 6.54 Å². The molecule has 0 unspecified atom stereocenters. The molecule has 0 saturated heterocycles. The summed E-state index contributed by atoms with van der Waals surface area (Å²) >= 11 is 5.37. The molecule has 1 aliphatic rings. The van der Waals surface area contributed by atoms with Crippen molar-refractivity contribution in [3.05, 3.63) is 23.2 Å². The molecule has 2 aromatic rings. The van der Waals surface area contributed by atoms with Gasteiger partial charge >= 0.3 is 0 Å². The summed E-state index contributed by atoms with van der Waals surface area (Å²) < 4.78 is 3.05. The molecule has 0 bridgehead atoms. The smallest absolute Gasteiger partial charge is 0.178 e. The molecular formula is C12H15N3S. The van der Waals surface area contributed by atoms with Gasteiger partial charge in [0.05, 0.1) is 17.2 Å². The van der Waals surface area contributed by atoms with Crippen molar-refractivity contribution in [2.24, 2.45) is 5.92 Å². The van der Waals surface area contributed by atoms with Gasteiger partial charge in [0.25, 0.3) is 0 Å². The average Bonchev–Trinajstić information content (AvgIpc) is 2.89. The fourth-order valence-corrected chi connectivity index (χ4v) is 2.93. The molecular weight excluding hydrogens is 218 g/mol. The number of imidazole rings is 1. The van der Waals surface area contributed by atoms with Gasteiger partial charge in [0.15, 0.2) is 4.77 Å². The highest BCUT2D eigenvalue weighted by Crippen LogP contribution is 2.27. The summed E-state index contributed by atoms with van der Waals surface area (Å²) in [5.41, 5.74) is 2.23. The Labute approximate surface area is 99.5 Å². The molecule has 3 nitrogen and oxygen atoms in total. The first-order valence-corrected chi connectivity index (χ1v) is 6.28. The maximum Gasteiger partial charge on any atom is 0.178 e. The van der Waals surface area contributed by atoms with Gasteiger partial charge in [-0.15, -0.1) is 0 Å². The van der Waals surface area contributed by atoms with E-state index in [1.807, 2.05) is 18.5 Å². The zero-order chi connectivity index (χ0) is 11.0. The van der Waals surface area contributed by atoms with Crippen LogP contribution in [-0.4, -0.2) is 14.5 Å². The van der Waals surface area contributed by atoms with E-state index in [2.05, 4.69) is 14.5 Å². The number of pyridine rings is 1. The zero-order valence-corrected chi connectivity index (χ0v) is 9.96. The predicted octanol–water partition coefficient (Wildman–Crippen LogP) is 3.28. The molecule has 16 heavy (non-hydrogen) atoms. The van der Waals surface area contributed by atoms with Crippen LogP contribution in [0.1, 0.15) is 25.7 Å². The number of hydrogen-bond donors (Lipinski definition) is 1. The molecule has 2 aromatic heterocycles. The van der Waals surface area contributed by atoms with Gasteiger partial charge in [-0.2, -0.15) is 0 Å². The van der Waals surface area contributed by atoms with Crippen LogP contribution < -0.4 is 0 Å². The van der Waals surface area contributed by atoms with Crippen molar-refractivity contribution >= 4 is 23.3 Å². The van der Waals surface area contributed by atoms with Crippen molar-refractivity contribution in [1.82, 2.24) is 14.5 Å². The molecule has 3 rings (SSSR count). The Morgan fingerprint density at radius 1 is 1.44 bits per heavy atom. The van der Waals surface area contributed by atoms with Gasteiger partial charge in [0.2, 0.25) is 0 Å². The van der Waals surface area contributed by atoms with Crippen molar-refractivity contribution in [2.45, 2.75) is 32.2 Å². The summed E-state index contributed by atoms with van der Waals surface area (Å²) in [6.07, 6.45) is 9.12. The Kier molecular flexibility index (Phi) is 2.52. The topological polar surface area (TPSA) is 33.6 Å². The van der Waals surface area contributed by atoms with E-state index in [1.165, 1.54) is 31.2 Å². The number of fused-ring (bicyclic) bond motifs is 1. The molecule has 0 atom stereocenters. The summed E-state index contributed by atoms with van der Waals surface area (Å²) in [6, 6.07) is 2.04. The number of aromatic nitrogens is 3.